The Bertz CT molecular complexity index is 424. The summed E-state index contributed by atoms with van der Waals surface area (Å²) in [5, 5.41) is 0. The Kier molecular flexibility index (Phi) is 2.32. The lowest BCUT2D eigenvalue weighted by molar-refractivity contribution is 0.601. The van der Waals surface area contributed by atoms with Crippen molar-refractivity contribution in [3.63, 3.8) is 0 Å². The molecule has 78 valence electrons. The first-order valence-corrected chi connectivity index (χ1v) is 6.37. The minimum Gasteiger partial charge on any atom is -0.345 e. The number of nitrogens with two attached hydrogens (primary N) is 1. The van der Waals surface area contributed by atoms with Gasteiger partial charge in [-0.3, -0.25) is 0 Å². The Morgan fingerprint density at radius 1 is 1.64 bits per heavy atom. The molecule has 0 amide bonds. The maximum atomic E-state index is 11.2. The lowest BCUT2D eigenvalue weighted by atomic mass is 10.1. The molecule has 6 heteroatoms. The number of aromatic nitrogens is 2. The third-order valence-corrected chi connectivity index (χ3v) is 4.28. The fourth-order valence-corrected chi connectivity index (χ4v) is 3.50. The predicted molar refractivity (Wildman–Crippen MR) is 52.5 cm³/mol. The summed E-state index contributed by atoms with van der Waals surface area (Å²) in [4.78, 5) is 7.09. The molecule has 0 bridgehead atoms. The molecule has 1 aliphatic rings. The highest BCUT2D eigenvalue weighted by molar-refractivity contribution is 7.91. The standard InChI is InChI=1S/C8H13N3O2S/c9-3-8-10-4-7(11-8)6-1-2-14(12,13)5-6/h4,6H,1-3,5,9H2,(H,10,11). The van der Waals surface area contributed by atoms with Gasteiger partial charge in [-0.25, -0.2) is 13.4 Å². The highest BCUT2D eigenvalue weighted by Crippen LogP contribution is 2.27. The second-order valence-electron chi connectivity index (χ2n) is 3.59. The average Bonchev–Trinajstić information content (AvgIpc) is 2.70. The van der Waals surface area contributed by atoms with Crippen molar-refractivity contribution in [3.8, 4) is 0 Å². The molecule has 1 atom stereocenters. The maximum absolute atomic E-state index is 11.2. The normalized spacial score (nSPS) is 25.4. The molecule has 1 unspecified atom stereocenters. The van der Waals surface area contributed by atoms with Gasteiger partial charge in [0.1, 0.15) is 5.82 Å². The van der Waals surface area contributed by atoms with E-state index < -0.39 is 9.84 Å². The molecule has 0 saturated carbocycles. The fraction of sp³-hybridized carbons (Fsp3) is 0.625. The zero-order valence-electron chi connectivity index (χ0n) is 7.73. The van der Waals surface area contributed by atoms with E-state index in [1.807, 2.05) is 0 Å². The molecule has 0 aliphatic carbocycles. The van der Waals surface area contributed by atoms with E-state index in [-0.39, 0.29) is 17.4 Å². The van der Waals surface area contributed by atoms with E-state index in [4.69, 9.17) is 5.73 Å². The smallest absolute Gasteiger partial charge is 0.151 e. The molecule has 2 rings (SSSR count). The van der Waals surface area contributed by atoms with Crippen molar-refractivity contribution >= 4 is 9.84 Å². The highest BCUT2D eigenvalue weighted by Gasteiger charge is 2.29. The molecule has 1 aliphatic heterocycles. The molecule has 14 heavy (non-hydrogen) atoms. The summed E-state index contributed by atoms with van der Waals surface area (Å²) in [5.41, 5.74) is 6.30. The Hall–Kier alpha value is -0.880. The molecule has 0 aromatic carbocycles. The first-order valence-electron chi connectivity index (χ1n) is 4.55. The molecule has 1 saturated heterocycles. The number of H-pyrrole nitrogens is 1. The molecule has 1 aromatic heterocycles. The quantitative estimate of drug-likeness (QED) is 0.713. The zero-order chi connectivity index (χ0) is 10.2. The number of rotatable bonds is 2. The topological polar surface area (TPSA) is 88.8 Å². The lowest BCUT2D eigenvalue weighted by Gasteiger charge is -2.02. The maximum Gasteiger partial charge on any atom is 0.151 e. The van der Waals surface area contributed by atoms with Gasteiger partial charge in [0.05, 0.1) is 18.1 Å². The van der Waals surface area contributed by atoms with Crippen molar-refractivity contribution in [2.24, 2.45) is 5.73 Å². The number of hydrogen-bond acceptors (Lipinski definition) is 4. The number of nitrogens with zero attached hydrogens (tertiary/aromatic N) is 1. The lowest BCUT2D eigenvalue weighted by Crippen LogP contribution is -2.04. The predicted octanol–water partition coefficient (Wildman–Crippen LogP) is -0.230. The van der Waals surface area contributed by atoms with Crippen LogP contribution in [0.1, 0.15) is 23.9 Å². The van der Waals surface area contributed by atoms with Crippen LogP contribution in [0.25, 0.3) is 0 Å². The van der Waals surface area contributed by atoms with E-state index in [9.17, 15) is 8.42 Å². The van der Waals surface area contributed by atoms with Crippen LogP contribution < -0.4 is 5.73 Å². The van der Waals surface area contributed by atoms with Gasteiger partial charge in [0.15, 0.2) is 9.84 Å². The second kappa shape index (κ2) is 3.36. The van der Waals surface area contributed by atoms with Gasteiger partial charge in [-0.15, -0.1) is 0 Å². The number of imidazole rings is 1. The Balaban J connectivity index is 2.17. The summed E-state index contributed by atoms with van der Waals surface area (Å²) >= 11 is 0. The van der Waals surface area contributed by atoms with Crippen LogP contribution in [-0.4, -0.2) is 29.9 Å². The van der Waals surface area contributed by atoms with E-state index >= 15 is 0 Å². The number of hydrogen-bond donors (Lipinski definition) is 2. The van der Waals surface area contributed by atoms with Crippen molar-refractivity contribution in [1.29, 1.82) is 0 Å². The largest absolute Gasteiger partial charge is 0.345 e. The van der Waals surface area contributed by atoms with Crippen LogP contribution in [0.5, 0.6) is 0 Å². The Morgan fingerprint density at radius 2 is 2.43 bits per heavy atom. The van der Waals surface area contributed by atoms with Crippen LogP contribution >= 0.6 is 0 Å². The molecule has 0 radical (unpaired) electrons. The van der Waals surface area contributed by atoms with Crippen molar-refractivity contribution in [1.82, 2.24) is 9.97 Å². The highest BCUT2D eigenvalue weighted by atomic mass is 32.2. The first-order chi connectivity index (χ1) is 6.61. The Morgan fingerprint density at radius 3 is 2.93 bits per heavy atom. The molecule has 0 spiro atoms. The molecule has 1 fully saturated rings. The van der Waals surface area contributed by atoms with Gasteiger partial charge in [0.25, 0.3) is 0 Å². The van der Waals surface area contributed by atoms with Gasteiger partial charge in [0, 0.05) is 17.8 Å². The molecular formula is C8H13N3O2S. The summed E-state index contributed by atoms with van der Waals surface area (Å²) in [6.45, 7) is 0.361. The molecular weight excluding hydrogens is 202 g/mol. The van der Waals surface area contributed by atoms with Crippen LogP contribution in [0.4, 0.5) is 0 Å². The van der Waals surface area contributed by atoms with Crippen LogP contribution in [0.15, 0.2) is 6.20 Å². The van der Waals surface area contributed by atoms with E-state index in [1.165, 1.54) is 0 Å². The minimum absolute atomic E-state index is 0.0767. The third kappa shape index (κ3) is 1.80. The van der Waals surface area contributed by atoms with Crippen LogP contribution in [0, 0.1) is 0 Å². The van der Waals surface area contributed by atoms with Crippen molar-refractivity contribution in [2.45, 2.75) is 18.9 Å². The summed E-state index contributed by atoms with van der Waals surface area (Å²) in [5.74, 6) is 1.31. The van der Waals surface area contributed by atoms with Gasteiger partial charge in [-0.1, -0.05) is 0 Å². The van der Waals surface area contributed by atoms with Crippen LogP contribution in [0.3, 0.4) is 0 Å². The summed E-state index contributed by atoms with van der Waals surface area (Å²) in [6, 6.07) is 0. The SMILES string of the molecule is NCc1ncc(C2CCS(=O)(=O)C2)[nH]1. The van der Waals surface area contributed by atoms with Crippen LogP contribution in [-0.2, 0) is 16.4 Å². The summed E-state index contributed by atoms with van der Waals surface area (Å²) < 4.78 is 22.5. The van der Waals surface area contributed by atoms with E-state index in [1.54, 1.807) is 6.20 Å². The van der Waals surface area contributed by atoms with Crippen molar-refractivity contribution < 1.29 is 8.42 Å². The number of aromatic amines is 1. The summed E-state index contributed by atoms with van der Waals surface area (Å²) in [7, 11) is -2.82. The van der Waals surface area contributed by atoms with Crippen molar-refractivity contribution in [2.75, 3.05) is 11.5 Å². The number of nitrogens with one attached hydrogen (secondary N) is 1. The van der Waals surface area contributed by atoms with Gasteiger partial charge in [-0.2, -0.15) is 0 Å². The second-order valence-corrected chi connectivity index (χ2v) is 5.82. The molecule has 2 heterocycles. The Labute approximate surface area is 82.6 Å². The summed E-state index contributed by atoms with van der Waals surface area (Å²) in [6.07, 6.45) is 2.38. The average molecular weight is 215 g/mol. The van der Waals surface area contributed by atoms with Gasteiger partial charge < -0.3 is 10.7 Å². The van der Waals surface area contributed by atoms with Gasteiger partial charge >= 0.3 is 0 Å². The first kappa shape index (κ1) is 9.67. The number of sulfone groups is 1. The van der Waals surface area contributed by atoms with E-state index in [2.05, 4.69) is 9.97 Å². The van der Waals surface area contributed by atoms with E-state index in [0.29, 0.717) is 18.8 Å². The van der Waals surface area contributed by atoms with E-state index in [0.717, 1.165) is 5.69 Å². The van der Waals surface area contributed by atoms with Crippen LogP contribution in [0.2, 0.25) is 0 Å². The third-order valence-electron chi connectivity index (χ3n) is 2.51. The molecule has 1 aromatic rings. The zero-order valence-corrected chi connectivity index (χ0v) is 8.55. The van der Waals surface area contributed by atoms with Crippen molar-refractivity contribution in [3.05, 3.63) is 17.7 Å². The minimum atomic E-state index is -2.82. The van der Waals surface area contributed by atoms with Gasteiger partial charge in [-0.05, 0) is 6.42 Å². The monoisotopic (exact) mass is 215 g/mol. The van der Waals surface area contributed by atoms with Gasteiger partial charge in [0.2, 0.25) is 0 Å². The fourth-order valence-electron chi connectivity index (χ4n) is 1.73. The molecule has 3 N–H and O–H groups in total. The molecule has 5 nitrogen and oxygen atoms in total.